The number of aliphatic carboxylic acids is 1. The van der Waals surface area contributed by atoms with Gasteiger partial charge in [0.05, 0.1) is 11.8 Å². The molecule has 9 atom stereocenters. The molecule has 11 rings (SSSR count). The van der Waals surface area contributed by atoms with Crippen molar-refractivity contribution >= 4 is 23.0 Å². The van der Waals surface area contributed by atoms with Crippen LogP contribution < -0.4 is 14.8 Å². The van der Waals surface area contributed by atoms with Gasteiger partial charge in [0.25, 0.3) is 5.91 Å². The zero-order chi connectivity index (χ0) is 49.7. The Morgan fingerprint density at radius 1 is 0.746 bits per heavy atom. The monoisotopic (exact) mass is 967 g/mol. The van der Waals surface area contributed by atoms with E-state index in [1.807, 2.05) is 37.3 Å². The third-order valence-electron chi connectivity index (χ3n) is 17.3. The van der Waals surface area contributed by atoms with Gasteiger partial charge in [-0.15, -0.1) is 0 Å². The molecule has 71 heavy (non-hydrogen) atoms. The predicted molar refractivity (Wildman–Crippen MR) is 264 cm³/mol. The highest BCUT2D eigenvalue weighted by Gasteiger charge is 2.53. The topological polar surface area (TPSA) is 111 Å². The number of hydrogen-bond donors (Lipinski definition) is 2. The second-order valence-corrected chi connectivity index (χ2v) is 21.0. The Kier molecular flexibility index (Phi) is 13.2. The van der Waals surface area contributed by atoms with Gasteiger partial charge in [0.2, 0.25) is 6.10 Å². The first-order chi connectivity index (χ1) is 34.1. The van der Waals surface area contributed by atoms with Gasteiger partial charge < -0.3 is 19.9 Å². The number of benzene rings is 3. The standard InChI is InChI=1S/C31H30FNO3.C28H31F3N2O2/c1-31-14-13-25-24-10-8-23(36-29(30(34)35)19-5-3-2-4-6-19)16-20(24)7-9-26(25)28(31)12-11-27(31)21-15-22(32)18-33-17-21;1-3-33-26(34)16-35-20-5-7-21-17(13-20)4-6-23-22(21)10-11-27(2)24(8-9-25(23)27)18-12-19(15-32-14-18)28(29,30)31/h2-6,8,10-11,15-18,25-26,28-29H,7,9,12-14H2,1H3,(H,34,35);5,7-8,12-15,22-23,25H,3-4,6,9-11,16H2,1-2H3,(H,33,34)/t25-,26-,28+,29?,31-;22-,23-,25+,27-/m11/s1. The SMILES string of the molecule is CCNC(=O)COc1ccc2c(c1)CC[C@@H]1[C@@H]2CC[C@]2(C)C(c3cncc(C(F)(F)F)c3)=CC[C@@H]12.C[C@]12CC[C@@H]3c4ccc(OC(C(=O)O)c5ccccc5)cc4CC[C@H]3[C@@H]1CC=C2c1cncc(F)c1. The number of nitrogens with one attached hydrogen (secondary N) is 1. The second-order valence-electron chi connectivity index (χ2n) is 21.0. The molecule has 8 nitrogen and oxygen atoms in total. The molecule has 12 heteroatoms. The molecule has 0 radical (unpaired) electrons. The fraction of sp³-hybridized carbons (Fsp3) is 0.424. The minimum Gasteiger partial charge on any atom is -0.484 e. The molecule has 370 valence electrons. The van der Waals surface area contributed by atoms with E-state index in [4.69, 9.17) is 9.47 Å². The molecule has 2 N–H and O–H groups in total. The van der Waals surface area contributed by atoms with E-state index in [0.29, 0.717) is 58.9 Å². The maximum absolute atomic E-state index is 13.9. The number of amides is 1. The fourth-order valence-corrected chi connectivity index (χ4v) is 14.0. The van der Waals surface area contributed by atoms with Gasteiger partial charge in [0.15, 0.2) is 6.61 Å². The molecular weight excluding hydrogens is 907 g/mol. The van der Waals surface area contributed by atoms with Gasteiger partial charge in [-0.1, -0.05) is 68.5 Å². The maximum atomic E-state index is 13.9. The lowest BCUT2D eigenvalue weighted by Gasteiger charge is -2.50. The van der Waals surface area contributed by atoms with Crippen LogP contribution in [0.1, 0.15) is 135 Å². The number of likely N-dealkylation sites (N-methyl/N-ethyl adjacent to an activating group) is 1. The number of carboxylic acid groups (broad SMARTS) is 1. The summed E-state index contributed by atoms with van der Waals surface area (Å²) >= 11 is 0. The number of fused-ring (bicyclic) bond motifs is 10. The third kappa shape index (κ3) is 9.27. The van der Waals surface area contributed by atoms with Crippen molar-refractivity contribution in [2.45, 2.75) is 109 Å². The minimum atomic E-state index is -4.39. The number of aryl methyl sites for hydroxylation is 2. The summed E-state index contributed by atoms with van der Waals surface area (Å²) in [7, 11) is 0. The highest BCUT2D eigenvalue weighted by molar-refractivity contribution is 5.77. The van der Waals surface area contributed by atoms with Crippen molar-refractivity contribution in [3.8, 4) is 11.5 Å². The van der Waals surface area contributed by atoms with Gasteiger partial charge in [-0.2, -0.15) is 13.2 Å². The van der Waals surface area contributed by atoms with Crippen LogP contribution in [0.15, 0.2) is 116 Å². The van der Waals surface area contributed by atoms with Crippen LogP contribution >= 0.6 is 0 Å². The van der Waals surface area contributed by atoms with E-state index in [-0.39, 0.29) is 29.2 Å². The van der Waals surface area contributed by atoms with E-state index in [2.05, 4.69) is 65.5 Å². The molecule has 6 aliphatic rings. The van der Waals surface area contributed by atoms with Crippen LogP contribution in [-0.4, -0.2) is 40.1 Å². The quantitative estimate of drug-likeness (QED) is 0.134. The Labute approximate surface area is 413 Å². The summed E-state index contributed by atoms with van der Waals surface area (Å²) in [4.78, 5) is 31.7. The number of carbonyl (C=O) groups excluding carboxylic acids is 1. The van der Waals surface area contributed by atoms with Crippen molar-refractivity contribution < 1.29 is 41.7 Å². The molecule has 1 unspecified atom stereocenters. The van der Waals surface area contributed by atoms with Crippen molar-refractivity contribution in [2.75, 3.05) is 13.2 Å². The van der Waals surface area contributed by atoms with Crippen LogP contribution in [0, 0.1) is 40.3 Å². The average Bonchev–Trinajstić information content (AvgIpc) is 3.92. The summed E-state index contributed by atoms with van der Waals surface area (Å²) < 4.78 is 65.5. The number of pyridine rings is 2. The van der Waals surface area contributed by atoms with Crippen molar-refractivity contribution in [3.63, 3.8) is 0 Å². The minimum absolute atomic E-state index is 0.0119. The van der Waals surface area contributed by atoms with Crippen LogP contribution in [0.3, 0.4) is 0 Å². The van der Waals surface area contributed by atoms with Crippen molar-refractivity contribution in [1.29, 1.82) is 0 Å². The molecular formula is C59H61F4N3O5. The zero-order valence-corrected chi connectivity index (χ0v) is 40.5. The van der Waals surface area contributed by atoms with E-state index >= 15 is 0 Å². The molecule has 2 aromatic heterocycles. The van der Waals surface area contributed by atoms with E-state index in [1.54, 1.807) is 30.6 Å². The number of allylic oxidation sites excluding steroid dienone is 4. The van der Waals surface area contributed by atoms with Crippen molar-refractivity contribution in [1.82, 2.24) is 15.3 Å². The van der Waals surface area contributed by atoms with Crippen LogP contribution in [0.25, 0.3) is 11.1 Å². The van der Waals surface area contributed by atoms with E-state index in [1.165, 1.54) is 40.1 Å². The molecule has 1 amide bonds. The Hall–Kier alpha value is -6.30. The molecule has 0 saturated heterocycles. The average molecular weight is 968 g/mol. The molecule has 6 aliphatic carbocycles. The predicted octanol–water partition coefficient (Wildman–Crippen LogP) is 13.1. The van der Waals surface area contributed by atoms with Gasteiger partial charge in [0.1, 0.15) is 17.3 Å². The summed E-state index contributed by atoms with van der Waals surface area (Å²) in [6, 6.07) is 24.3. The van der Waals surface area contributed by atoms with Crippen LogP contribution in [-0.2, 0) is 28.6 Å². The lowest BCUT2D eigenvalue weighted by molar-refractivity contribution is -0.145. The van der Waals surface area contributed by atoms with Gasteiger partial charge in [-0.25, -0.2) is 9.18 Å². The second kappa shape index (κ2) is 19.4. The highest BCUT2D eigenvalue weighted by Crippen LogP contribution is 2.65. The summed E-state index contributed by atoms with van der Waals surface area (Å²) in [5, 5.41) is 12.5. The molecule has 2 saturated carbocycles. The van der Waals surface area contributed by atoms with Gasteiger partial charge in [-0.05, 0) is 198 Å². The fourth-order valence-electron chi connectivity index (χ4n) is 14.0. The van der Waals surface area contributed by atoms with E-state index < -0.39 is 23.8 Å². The number of carbonyl (C=O) groups is 2. The number of rotatable bonds is 10. The van der Waals surface area contributed by atoms with E-state index in [9.17, 15) is 32.3 Å². The van der Waals surface area contributed by atoms with Crippen molar-refractivity contribution in [3.05, 3.63) is 166 Å². The summed E-state index contributed by atoms with van der Waals surface area (Å²) in [5.41, 5.74) is 8.97. The Morgan fingerprint density at radius 3 is 1.87 bits per heavy atom. The number of alkyl halides is 3. The zero-order valence-electron chi connectivity index (χ0n) is 40.5. The Bertz CT molecular complexity index is 2880. The molecule has 0 spiro atoms. The Morgan fingerprint density at radius 2 is 1.31 bits per heavy atom. The lowest BCUT2D eigenvalue weighted by Crippen LogP contribution is -2.40. The van der Waals surface area contributed by atoms with Crippen LogP contribution in [0.5, 0.6) is 11.5 Å². The smallest absolute Gasteiger partial charge is 0.417 e. The first kappa shape index (κ1) is 48.3. The number of nitrogens with zero attached hydrogens (tertiary/aromatic N) is 2. The molecule has 0 aliphatic heterocycles. The summed E-state index contributed by atoms with van der Waals surface area (Å²) in [6.07, 6.45) is 14.7. The highest BCUT2D eigenvalue weighted by atomic mass is 19.4. The molecule has 3 aromatic carbocycles. The maximum Gasteiger partial charge on any atom is 0.417 e. The molecule has 2 fully saturated rings. The third-order valence-corrected chi connectivity index (χ3v) is 17.3. The molecule has 5 aromatic rings. The number of aromatic nitrogens is 2. The first-order valence-electron chi connectivity index (χ1n) is 25.3. The largest absolute Gasteiger partial charge is 0.484 e. The normalized spacial score (nSPS) is 27.3. The van der Waals surface area contributed by atoms with Gasteiger partial charge >= 0.3 is 12.1 Å². The van der Waals surface area contributed by atoms with E-state index in [0.717, 1.165) is 87.3 Å². The molecule has 2 heterocycles. The summed E-state index contributed by atoms with van der Waals surface area (Å²) in [5.74, 6) is 2.87. The number of ether oxygens (including phenoxy) is 2. The first-order valence-corrected chi connectivity index (χ1v) is 25.3. The van der Waals surface area contributed by atoms with Crippen molar-refractivity contribution in [2.24, 2.45) is 34.5 Å². The lowest BCUT2D eigenvalue weighted by atomic mass is 9.54. The summed E-state index contributed by atoms with van der Waals surface area (Å²) in [6.45, 7) is 7.07. The molecule has 0 bridgehead atoms. The van der Waals surface area contributed by atoms with Gasteiger partial charge in [-0.3, -0.25) is 14.8 Å². The Balaban J connectivity index is 0.000000164. The van der Waals surface area contributed by atoms with Gasteiger partial charge in [0, 0.05) is 30.7 Å². The van der Waals surface area contributed by atoms with Crippen LogP contribution in [0.4, 0.5) is 17.6 Å². The number of carboxylic acids is 1. The number of halogens is 4. The van der Waals surface area contributed by atoms with Crippen LogP contribution in [0.2, 0.25) is 0 Å². The number of hydrogen-bond acceptors (Lipinski definition) is 6.